The number of hydrogen-bond acceptors (Lipinski definition) is 3. The highest BCUT2D eigenvalue weighted by Crippen LogP contribution is 2.16. The lowest BCUT2D eigenvalue weighted by Crippen LogP contribution is -2.14. The van der Waals surface area contributed by atoms with E-state index in [1.54, 1.807) is 55.6 Å². The largest absolute Gasteiger partial charge is 0.471 e. The highest BCUT2D eigenvalue weighted by atomic mass is 35.5. The average Bonchev–Trinajstić information content (AvgIpc) is 3.07. The zero-order valence-electron chi connectivity index (χ0n) is 13.4. The van der Waals surface area contributed by atoms with E-state index in [0.717, 1.165) is 0 Å². The molecule has 5 nitrogen and oxygen atoms in total. The van der Waals surface area contributed by atoms with Gasteiger partial charge in [-0.1, -0.05) is 17.7 Å². The Hall–Kier alpha value is -2.86. The summed E-state index contributed by atoms with van der Waals surface area (Å²) in [4.78, 5) is 12.2. The molecular formula is C18H15ClFN3O2. The van der Waals surface area contributed by atoms with Crippen LogP contribution in [-0.2, 0) is 6.73 Å². The summed E-state index contributed by atoms with van der Waals surface area (Å²) in [7, 11) is 0. The second-order valence-electron chi connectivity index (χ2n) is 5.39. The summed E-state index contributed by atoms with van der Waals surface area (Å²) < 4.78 is 20.6. The van der Waals surface area contributed by atoms with Crippen LogP contribution in [0, 0.1) is 12.7 Å². The van der Waals surface area contributed by atoms with Crippen molar-refractivity contribution >= 4 is 23.2 Å². The average molecular weight is 360 g/mol. The molecule has 0 bridgehead atoms. The van der Waals surface area contributed by atoms with Gasteiger partial charge in [-0.25, -0.2) is 9.07 Å². The zero-order valence-corrected chi connectivity index (χ0v) is 14.1. The van der Waals surface area contributed by atoms with Crippen molar-refractivity contribution < 1.29 is 13.9 Å². The molecule has 0 spiro atoms. The summed E-state index contributed by atoms with van der Waals surface area (Å²) in [5, 5.41) is 7.37. The van der Waals surface area contributed by atoms with E-state index in [9.17, 15) is 9.18 Å². The first-order valence-corrected chi connectivity index (χ1v) is 7.88. The van der Waals surface area contributed by atoms with Gasteiger partial charge in [0.2, 0.25) is 0 Å². The molecule has 1 heterocycles. The summed E-state index contributed by atoms with van der Waals surface area (Å²) in [6.07, 6.45) is 1.63. The third-order valence-electron chi connectivity index (χ3n) is 3.48. The van der Waals surface area contributed by atoms with E-state index in [0.29, 0.717) is 22.0 Å². The van der Waals surface area contributed by atoms with Crippen LogP contribution in [-0.4, -0.2) is 15.7 Å². The molecule has 3 rings (SSSR count). The van der Waals surface area contributed by atoms with Crippen molar-refractivity contribution in [3.05, 3.63) is 76.8 Å². The summed E-state index contributed by atoms with van der Waals surface area (Å²) in [5.41, 5.74) is 1.10. The first-order chi connectivity index (χ1) is 12.0. The number of nitrogens with one attached hydrogen (secondary N) is 1. The van der Waals surface area contributed by atoms with E-state index < -0.39 is 5.91 Å². The van der Waals surface area contributed by atoms with Gasteiger partial charge in [-0.2, -0.15) is 5.10 Å². The van der Waals surface area contributed by atoms with Crippen molar-refractivity contribution in [1.29, 1.82) is 0 Å². The fourth-order valence-electron chi connectivity index (χ4n) is 2.09. The van der Waals surface area contributed by atoms with Gasteiger partial charge in [0.25, 0.3) is 5.91 Å². The molecule has 0 aliphatic carbocycles. The van der Waals surface area contributed by atoms with Crippen LogP contribution in [0.15, 0.2) is 54.7 Å². The minimum Gasteiger partial charge on any atom is -0.471 e. The maximum Gasteiger partial charge on any atom is 0.276 e. The van der Waals surface area contributed by atoms with Gasteiger partial charge in [-0.3, -0.25) is 4.79 Å². The Balaban J connectivity index is 1.61. The molecule has 0 aliphatic heterocycles. The van der Waals surface area contributed by atoms with Crippen LogP contribution >= 0.6 is 11.6 Å². The number of ether oxygens (including phenoxy) is 1. The van der Waals surface area contributed by atoms with Crippen LogP contribution in [0.1, 0.15) is 16.1 Å². The Labute approximate surface area is 149 Å². The molecule has 1 N–H and O–H groups in total. The molecule has 0 atom stereocenters. The van der Waals surface area contributed by atoms with Crippen LogP contribution in [0.4, 0.5) is 10.1 Å². The van der Waals surface area contributed by atoms with Crippen LogP contribution in [0.3, 0.4) is 0 Å². The van der Waals surface area contributed by atoms with Crippen LogP contribution < -0.4 is 10.1 Å². The third-order valence-corrected chi connectivity index (χ3v) is 3.73. The molecule has 0 fully saturated rings. The normalized spacial score (nSPS) is 10.5. The first-order valence-electron chi connectivity index (χ1n) is 7.50. The minimum atomic E-state index is -0.423. The van der Waals surface area contributed by atoms with Crippen molar-refractivity contribution in [1.82, 2.24) is 9.78 Å². The maximum absolute atomic E-state index is 13.5. The molecule has 0 unspecified atom stereocenters. The number of aryl methyl sites for hydroxylation is 1. The standard InChI is InChI=1S/C18H15ClFN3O2/c1-12-2-5-14(10-16(12)20)21-18(24)17-8-9-23(22-17)11-25-15-6-3-13(19)4-7-15/h2-10H,11H2,1H3,(H,21,24). The zero-order chi connectivity index (χ0) is 17.8. The summed E-state index contributed by atoms with van der Waals surface area (Å²) in [6, 6.07) is 13.0. The van der Waals surface area contributed by atoms with Gasteiger partial charge in [0.15, 0.2) is 12.4 Å². The number of aromatic nitrogens is 2. The van der Waals surface area contributed by atoms with E-state index in [-0.39, 0.29) is 18.2 Å². The summed E-state index contributed by atoms with van der Waals surface area (Å²) >= 11 is 5.81. The van der Waals surface area contributed by atoms with Crippen molar-refractivity contribution in [3.63, 3.8) is 0 Å². The maximum atomic E-state index is 13.5. The molecule has 25 heavy (non-hydrogen) atoms. The number of rotatable bonds is 5. The second kappa shape index (κ2) is 7.36. The Morgan fingerprint density at radius 2 is 2.00 bits per heavy atom. The molecule has 3 aromatic rings. The van der Waals surface area contributed by atoms with E-state index in [1.807, 2.05) is 0 Å². The molecule has 0 saturated heterocycles. The Morgan fingerprint density at radius 3 is 2.72 bits per heavy atom. The van der Waals surface area contributed by atoms with E-state index in [4.69, 9.17) is 16.3 Å². The molecule has 0 aliphatic rings. The SMILES string of the molecule is Cc1ccc(NC(=O)c2ccn(COc3ccc(Cl)cc3)n2)cc1F. The van der Waals surface area contributed by atoms with Crippen molar-refractivity contribution in [2.24, 2.45) is 0 Å². The number of carbonyl (C=O) groups is 1. The number of halogens is 2. The first kappa shape index (κ1) is 17.0. The Kier molecular flexibility index (Phi) is 5.00. The highest BCUT2D eigenvalue weighted by Gasteiger charge is 2.11. The third kappa shape index (κ3) is 4.36. The van der Waals surface area contributed by atoms with Crippen molar-refractivity contribution in [2.75, 3.05) is 5.32 Å². The van der Waals surface area contributed by atoms with E-state index >= 15 is 0 Å². The Bertz CT molecular complexity index is 894. The molecule has 0 radical (unpaired) electrons. The summed E-state index contributed by atoms with van der Waals surface area (Å²) in [6.45, 7) is 1.80. The quantitative estimate of drug-likeness (QED) is 0.740. The lowest BCUT2D eigenvalue weighted by Gasteiger charge is -2.06. The molecule has 1 amide bonds. The molecule has 2 aromatic carbocycles. The van der Waals surface area contributed by atoms with Crippen LogP contribution in [0.25, 0.3) is 0 Å². The minimum absolute atomic E-state index is 0.147. The molecule has 7 heteroatoms. The lowest BCUT2D eigenvalue weighted by atomic mass is 10.2. The number of amides is 1. The van der Waals surface area contributed by atoms with Crippen LogP contribution in [0.5, 0.6) is 5.75 Å². The fraction of sp³-hybridized carbons (Fsp3) is 0.111. The van der Waals surface area contributed by atoms with Gasteiger partial charge < -0.3 is 10.1 Å². The van der Waals surface area contributed by atoms with E-state index in [2.05, 4.69) is 10.4 Å². The van der Waals surface area contributed by atoms with Gasteiger partial charge in [0, 0.05) is 16.9 Å². The summed E-state index contributed by atoms with van der Waals surface area (Å²) in [5.74, 6) is -0.158. The van der Waals surface area contributed by atoms with Crippen molar-refractivity contribution in [2.45, 2.75) is 13.7 Å². The molecule has 0 saturated carbocycles. The number of benzene rings is 2. The Morgan fingerprint density at radius 1 is 1.24 bits per heavy atom. The van der Waals surface area contributed by atoms with Gasteiger partial charge in [-0.05, 0) is 55.0 Å². The van der Waals surface area contributed by atoms with Crippen LogP contribution in [0.2, 0.25) is 5.02 Å². The topological polar surface area (TPSA) is 56.2 Å². The van der Waals surface area contributed by atoms with Gasteiger partial charge in [0.1, 0.15) is 11.6 Å². The van der Waals surface area contributed by atoms with E-state index in [1.165, 1.54) is 10.7 Å². The predicted octanol–water partition coefficient (Wildman–Crippen LogP) is 4.27. The predicted molar refractivity (Wildman–Crippen MR) is 93.4 cm³/mol. The molecule has 128 valence electrons. The fourth-order valence-corrected chi connectivity index (χ4v) is 2.22. The molecular weight excluding hydrogens is 345 g/mol. The lowest BCUT2D eigenvalue weighted by molar-refractivity contribution is 0.102. The smallest absolute Gasteiger partial charge is 0.276 e. The monoisotopic (exact) mass is 359 g/mol. The number of anilines is 1. The number of hydrogen-bond donors (Lipinski definition) is 1. The number of carbonyl (C=O) groups excluding carboxylic acids is 1. The van der Waals surface area contributed by atoms with Crippen molar-refractivity contribution in [3.8, 4) is 5.75 Å². The number of nitrogens with zero attached hydrogens (tertiary/aromatic N) is 2. The highest BCUT2D eigenvalue weighted by molar-refractivity contribution is 6.30. The van der Waals surface area contributed by atoms with Gasteiger partial charge >= 0.3 is 0 Å². The van der Waals surface area contributed by atoms with Gasteiger partial charge in [-0.15, -0.1) is 0 Å². The molecule has 1 aromatic heterocycles. The second-order valence-corrected chi connectivity index (χ2v) is 5.82. The van der Waals surface area contributed by atoms with Gasteiger partial charge in [0.05, 0.1) is 0 Å².